The summed E-state index contributed by atoms with van der Waals surface area (Å²) in [5, 5.41) is 0. The Morgan fingerprint density at radius 1 is 1.28 bits per heavy atom. The maximum atomic E-state index is 14.9. The molecule has 0 spiro atoms. The zero-order chi connectivity index (χ0) is 22.4. The number of ether oxygens (including phenoxy) is 2. The molecule has 0 unspecified atom stereocenters. The van der Waals surface area contributed by atoms with E-state index >= 15 is 0 Å². The largest absolute Gasteiger partial charge is 0.461 e. The number of esters is 1. The number of hydrogen-bond acceptors (Lipinski definition) is 5. The van der Waals surface area contributed by atoms with E-state index in [1.54, 1.807) is 0 Å². The molecule has 12 heteroatoms. The average molecular weight is 491 g/mol. The van der Waals surface area contributed by atoms with E-state index in [-0.39, 0.29) is 4.60 Å². The molecule has 0 aliphatic carbocycles. The maximum Gasteiger partial charge on any atom is 0.431 e. The van der Waals surface area contributed by atoms with E-state index in [1.807, 2.05) is 0 Å². The van der Waals surface area contributed by atoms with Crippen LogP contribution in [0.15, 0.2) is 21.7 Å². The first-order valence-corrected chi connectivity index (χ1v) is 9.01. The van der Waals surface area contributed by atoms with E-state index in [1.165, 1.54) is 20.8 Å². The monoisotopic (exact) mass is 490 g/mol. The van der Waals surface area contributed by atoms with Gasteiger partial charge in [0.15, 0.2) is 11.4 Å². The summed E-state index contributed by atoms with van der Waals surface area (Å²) in [5.74, 6) is -8.04. The molecule has 0 fully saturated rings. The zero-order valence-electron chi connectivity index (χ0n) is 15.7. The Morgan fingerprint density at radius 2 is 1.86 bits per heavy atom. The number of alkyl halides is 5. The maximum absolute atomic E-state index is 14.9. The zero-order valence-corrected chi connectivity index (χ0v) is 17.3. The molecule has 162 valence electrons. The molecule has 2 rings (SSSR count). The van der Waals surface area contributed by atoms with Crippen LogP contribution in [0.1, 0.15) is 39.8 Å². The Bertz CT molecular complexity index is 837. The lowest BCUT2D eigenvalue weighted by molar-refractivity contribution is -0.288. The molecule has 0 N–H and O–H groups in total. The van der Waals surface area contributed by atoms with Crippen molar-refractivity contribution in [3.63, 3.8) is 0 Å². The van der Waals surface area contributed by atoms with Gasteiger partial charge in [-0.15, -0.1) is 0 Å². The van der Waals surface area contributed by atoms with Crippen molar-refractivity contribution >= 4 is 27.8 Å². The van der Waals surface area contributed by atoms with Gasteiger partial charge in [-0.05, 0) is 55.8 Å². The Labute approximate surface area is 170 Å². The smallest absolute Gasteiger partial charge is 0.431 e. The Morgan fingerprint density at radius 3 is 2.38 bits per heavy atom. The van der Waals surface area contributed by atoms with Crippen molar-refractivity contribution in [1.82, 2.24) is 4.98 Å². The molecule has 5 nitrogen and oxygen atoms in total. The van der Waals surface area contributed by atoms with E-state index in [9.17, 15) is 31.1 Å². The van der Waals surface area contributed by atoms with Gasteiger partial charge in [0.1, 0.15) is 28.1 Å². The van der Waals surface area contributed by atoms with Crippen LogP contribution in [0.4, 0.5) is 26.3 Å². The van der Waals surface area contributed by atoms with Crippen LogP contribution < -0.4 is 0 Å². The summed E-state index contributed by atoms with van der Waals surface area (Å²) in [7, 11) is 0. The Balaban J connectivity index is 2.61. The van der Waals surface area contributed by atoms with Gasteiger partial charge in [0.05, 0.1) is 0 Å². The molecule has 29 heavy (non-hydrogen) atoms. The number of halogens is 7. The van der Waals surface area contributed by atoms with Crippen molar-refractivity contribution in [3.8, 4) is 0 Å². The van der Waals surface area contributed by atoms with Gasteiger partial charge >= 0.3 is 18.1 Å². The molecular weight excluding hydrogens is 474 g/mol. The van der Waals surface area contributed by atoms with Crippen LogP contribution in [0.3, 0.4) is 0 Å². The van der Waals surface area contributed by atoms with Gasteiger partial charge in [-0.2, -0.15) is 22.0 Å². The second-order valence-electron chi connectivity index (χ2n) is 7.47. The van der Waals surface area contributed by atoms with Crippen LogP contribution >= 0.6 is 15.9 Å². The van der Waals surface area contributed by atoms with Crippen molar-refractivity contribution in [2.75, 3.05) is 0 Å². The van der Waals surface area contributed by atoms with Gasteiger partial charge in [-0.25, -0.2) is 14.4 Å². The predicted molar refractivity (Wildman–Crippen MR) is 93.0 cm³/mol. The summed E-state index contributed by atoms with van der Waals surface area (Å²) in [6, 6.07) is 1.85. The van der Waals surface area contributed by atoms with Gasteiger partial charge in [0, 0.05) is 0 Å². The van der Waals surface area contributed by atoms with Crippen molar-refractivity contribution in [3.05, 3.63) is 28.2 Å². The number of nitrogens with zero attached hydrogens (tertiary/aromatic N) is 2. The number of carbonyl (C=O) groups is 1. The number of pyridine rings is 1. The van der Waals surface area contributed by atoms with E-state index in [2.05, 4.69) is 30.6 Å². The third-order valence-corrected chi connectivity index (χ3v) is 4.31. The van der Waals surface area contributed by atoms with Crippen molar-refractivity contribution in [1.29, 1.82) is 0 Å². The van der Waals surface area contributed by atoms with E-state index < -0.39 is 59.1 Å². The molecule has 0 bridgehead atoms. The van der Waals surface area contributed by atoms with E-state index in [0.717, 1.165) is 12.1 Å². The molecule has 0 amide bonds. The van der Waals surface area contributed by atoms with E-state index in [0.29, 0.717) is 6.92 Å². The second kappa shape index (κ2) is 7.44. The highest BCUT2D eigenvalue weighted by Gasteiger charge is 2.70. The van der Waals surface area contributed by atoms with Crippen molar-refractivity contribution in [2.45, 2.75) is 63.5 Å². The number of aromatic nitrogens is 1. The molecule has 1 aromatic heterocycles. The summed E-state index contributed by atoms with van der Waals surface area (Å²) in [6.07, 6.45) is -10.2. The van der Waals surface area contributed by atoms with Crippen molar-refractivity contribution in [2.24, 2.45) is 4.99 Å². The molecule has 2 heterocycles. The normalized spacial score (nSPS) is 24.5. The van der Waals surface area contributed by atoms with Crippen LogP contribution in [0.25, 0.3) is 0 Å². The predicted octanol–water partition coefficient (Wildman–Crippen LogP) is 4.93. The van der Waals surface area contributed by atoms with Crippen LogP contribution in [0, 0.1) is 5.82 Å². The second-order valence-corrected chi connectivity index (χ2v) is 8.28. The lowest BCUT2D eigenvalue weighted by Crippen LogP contribution is -2.61. The fourth-order valence-electron chi connectivity index (χ4n) is 2.64. The van der Waals surface area contributed by atoms with Crippen molar-refractivity contribution < 1.29 is 40.6 Å². The fraction of sp³-hybridized carbons (Fsp3) is 0.588. The third kappa shape index (κ3) is 4.84. The van der Waals surface area contributed by atoms with E-state index in [4.69, 9.17) is 4.74 Å². The highest BCUT2D eigenvalue weighted by Crippen LogP contribution is 2.51. The van der Waals surface area contributed by atoms with Gasteiger partial charge in [0.2, 0.25) is 0 Å². The molecular formula is C17H17BrF6N2O3. The minimum Gasteiger partial charge on any atom is -0.461 e. The Hall–Kier alpha value is -1.85. The highest BCUT2D eigenvalue weighted by molar-refractivity contribution is 9.10. The van der Waals surface area contributed by atoms with Gasteiger partial charge in [0.25, 0.3) is 6.10 Å². The molecule has 1 aliphatic rings. The highest BCUT2D eigenvalue weighted by atomic mass is 79.9. The van der Waals surface area contributed by atoms with Gasteiger partial charge < -0.3 is 9.47 Å². The summed E-state index contributed by atoms with van der Waals surface area (Å²) in [5.41, 5.74) is -5.12. The Kier molecular flexibility index (Phi) is 6.01. The lowest BCUT2D eigenvalue weighted by atomic mass is 9.84. The molecule has 0 saturated heterocycles. The van der Waals surface area contributed by atoms with Crippen LogP contribution in [0.2, 0.25) is 0 Å². The first-order chi connectivity index (χ1) is 13.0. The van der Waals surface area contributed by atoms with Gasteiger partial charge in [-0.1, -0.05) is 0 Å². The SMILES string of the molecule is CC(C)(C)OC(=O)CC1=N[C@](C)(c2nc(Br)ccc2F)C(F)(F)[C@H](C(F)(F)F)O1. The quantitative estimate of drug-likeness (QED) is 0.342. The fourth-order valence-corrected chi connectivity index (χ4v) is 2.95. The number of rotatable bonds is 3. The van der Waals surface area contributed by atoms with Gasteiger partial charge in [-0.3, -0.25) is 4.79 Å². The molecule has 0 saturated carbocycles. The number of carbonyl (C=O) groups excluding carboxylic acids is 1. The first-order valence-electron chi connectivity index (χ1n) is 8.21. The molecule has 0 radical (unpaired) electrons. The average Bonchev–Trinajstić information content (AvgIpc) is 2.50. The topological polar surface area (TPSA) is 60.8 Å². The lowest BCUT2D eigenvalue weighted by Gasteiger charge is -2.42. The summed E-state index contributed by atoms with van der Waals surface area (Å²) in [4.78, 5) is 19.0. The summed E-state index contributed by atoms with van der Waals surface area (Å²) >= 11 is 2.87. The standard InChI is InChI=1S/C17H17BrF6N2O3/c1-14(2,3)29-11(27)7-10-26-15(4,12-8(19)5-6-9(18)25-12)16(20,21)13(28-10)17(22,23)24/h5-6,13H,7H2,1-4H3/t13-,15-/m1/s1. The minimum atomic E-state index is -5.54. The first kappa shape index (κ1) is 23.4. The third-order valence-electron chi connectivity index (χ3n) is 3.87. The summed E-state index contributed by atoms with van der Waals surface area (Å²) in [6.45, 7) is 5.12. The number of hydrogen-bond donors (Lipinski definition) is 0. The van der Waals surface area contributed by atoms with Crippen LogP contribution in [-0.2, 0) is 19.8 Å². The molecule has 0 aromatic carbocycles. The molecule has 1 aliphatic heterocycles. The minimum absolute atomic E-state index is 0.0927. The van der Waals surface area contributed by atoms with Crippen LogP contribution in [0.5, 0.6) is 0 Å². The van der Waals surface area contributed by atoms with Crippen LogP contribution in [-0.4, -0.2) is 40.7 Å². The number of aliphatic imine (C=N–C) groups is 1. The molecule has 2 atom stereocenters. The summed E-state index contributed by atoms with van der Waals surface area (Å²) < 4.78 is 93.4. The molecule has 1 aromatic rings.